The van der Waals surface area contributed by atoms with Gasteiger partial charge in [0.15, 0.2) is 0 Å². The number of nitrogens with zero attached hydrogens (tertiary/aromatic N) is 3. The van der Waals surface area contributed by atoms with Gasteiger partial charge in [0.2, 0.25) is 0 Å². The van der Waals surface area contributed by atoms with Crippen molar-refractivity contribution in [1.82, 2.24) is 14.8 Å². The molecule has 0 aromatic carbocycles. The maximum atomic E-state index is 5.67. The predicted octanol–water partition coefficient (Wildman–Crippen LogP) is 1.92. The van der Waals surface area contributed by atoms with E-state index in [9.17, 15) is 0 Å². The van der Waals surface area contributed by atoms with Crippen LogP contribution in [0.2, 0.25) is 0 Å². The molecule has 18 heavy (non-hydrogen) atoms. The Morgan fingerprint density at radius 1 is 1.44 bits per heavy atom. The molecule has 96 valence electrons. The summed E-state index contributed by atoms with van der Waals surface area (Å²) in [7, 11) is 1.90. The second-order valence-electron chi connectivity index (χ2n) is 3.95. The van der Waals surface area contributed by atoms with Crippen LogP contribution in [0.4, 0.5) is 0 Å². The highest BCUT2D eigenvalue weighted by molar-refractivity contribution is 9.10. The molecule has 0 unspecified atom stereocenters. The summed E-state index contributed by atoms with van der Waals surface area (Å²) in [6.07, 6.45) is 1.68. The maximum Gasteiger partial charge on any atom is 0.138 e. The Kier molecular flexibility index (Phi) is 3.98. The average molecular weight is 311 g/mol. The van der Waals surface area contributed by atoms with E-state index in [4.69, 9.17) is 10.5 Å². The molecule has 0 spiro atoms. The molecule has 6 heteroatoms. The molecule has 0 saturated carbocycles. The summed E-state index contributed by atoms with van der Waals surface area (Å²) in [5, 5.41) is 4.31. The summed E-state index contributed by atoms with van der Waals surface area (Å²) in [4.78, 5) is 4.18. The Morgan fingerprint density at radius 3 is 2.72 bits per heavy atom. The van der Waals surface area contributed by atoms with E-state index in [0.29, 0.717) is 13.2 Å². The summed E-state index contributed by atoms with van der Waals surface area (Å²) < 4.78 is 8.46. The Labute approximate surface area is 114 Å². The van der Waals surface area contributed by atoms with Crippen molar-refractivity contribution in [3.63, 3.8) is 0 Å². The van der Waals surface area contributed by atoms with Crippen molar-refractivity contribution in [3.8, 4) is 5.75 Å². The van der Waals surface area contributed by atoms with Gasteiger partial charge in [0.25, 0.3) is 0 Å². The van der Waals surface area contributed by atoms with E-state index < -0.39 is 0 Å². The molecule has 0 radical (unpaired) electrons. The average Bonchev–Trinajstić information content (AvgIpc) is 2.62. The van der Waals surface area contributed by atoms with Crippen LogP contribution in [0.15, 0.2) is 22.8 Å². The van der Waals surface area contributed by atoms with E-state index in [2.05, 4.69) is 26.0 Å². The largest absolute Gasteiger partial charge is 0.486 e. The number of hydrogen-bond donors (Lipinski definition) is 1. The normalized spacial score (nSPS) is 10.7. The zero-order chi connectivity index (χ0) is 13.1. The van der Waals surface area contributed by atoms with Gasteiger partial charge in [0, 0.05) is 13.6 Å². The fraction of sp³-hybridized carbons (Fsp3) is 0.333. The first-order chi connectivity index (χ1) is 8.61. The van der Waals surface area contributed by atoms with Gasteiger partial charge in [-0.3, -0.25) is 9.67 Å². The first kappa shape index (κ1) is 13.0. The summed E-state index contributed by atoms with van der Waals surface area (Å²) in [5.74, 6) is 0.720. The minimum atomic E-state index is 0.437. The van der Waals surface area contributed by atoms with E-state index >= 15 is 0 Å². The summed E-state index contributed by atoms with van der Waals surface area (Å²) in [5.41, 5.74) is 8.28. The zero-order valence-corrected chi connectivity index (χ0v) is 11.9. The summed E-state index contributed by atoms with van der Waals surface area (Å²) >= 11 is 3.50. The SMILES string of the molecule is Cc1nn(C)c(COc2ccc(CN)nc2)c1Br. The Hall–Kier alpha value is -1.40. The molecule has 0 saturated heterocycles. The quantitative estimate of drug-likeness (QED) is 0.937. The van der Waals surface area contributed by atoms with Crippen LogP contribution in [-0.4, -0.2) is 14.8 Å². The van der Waals surface area contributed by atoms with Crippen molar-refractivity contribution in [2.45, 2.75) is 20.1 Å². The number of aryl methyl sites for hydroxylation is 2. The van der Waals surface area contributed by atoms with E-state index in [1.165, 1.54) is 0 Å². The van der Waals surface area contributed by atoms with Crippen LogP contribution >= 0.6 is 15.9 Å². The van der Waals surface area contributed by atoms with Crippen LogP contribution in [0.3, 0.4) is 0 Å². The van der Waals surface area contributed by atoms with Gasteiger partial charge in [-0.1, -0.05) is 0 Å². The molecule has 0 aliphatic carbocycles. The molecule has 5 nitrogen and oxygen atoms in total. The first-order valence-electron chi connectivity index (χ1n) is 5.57. The van der Waals surface area contributed by atoms with Gasteiger partial charge in [0.05, 0.1) is 27.8 Å². The van der Waals surface area contributed by atoms with Crippen molar-refractivity contribution < 1.29 is 4.74 Å². The molecule has 2 aromatic heterocycles. The molecule has 0 aliphatic heterocycles. The van der Waals surface area contributed by atoms with Crippen molar-refractivity contribution in [2.24, 2.45) is 12.8 Å². The number of halogens is 1. The fourth-order valence-corrected chi connectivity index (χ4v) is 2.06. The van der Waals surface area contributed by atoms with Gasteiger partial charge in [-0.2, -0.15) is 5.10 Å². The van der Waals surface area contributed by atoms with E-state index in [-0.39, 0.29) is 0 Å². The van der Waals surface area contributed by atoms with E-state index in [1.807, 2.05) is 26.1 Å². The highest BCUT2D eigenvalue weighted by atomic mass is 79.9. The minimum absolute atomic E-state index is 0.437. The van der Waals surface area contributed by atoms with Gasteiger partial charge in [-0.05, 0) is 35.0 Å². The highest BCUT2D eigenvalue weighted by Crippen LogP contribution is 2.21. The molecule has 0 amide bonds. The maximum absolute atomic E-state index is 5.67. The molecular formula is C12H15BrN4O. The highest BCUT2D eigenvalue weighted by Gasteiger charge is 2.11. The van der Waals surface area contributed by atoms with Crippen LogP contribution in [0.25, 0.3) is 0 Å². The topological polar surface area (TPSA) is 66.0 Å². The third kappa shape index (κ3) is 2.70. The monoisotopic (exact) mass is 310 g/mol. The van der Waals surface area contributed by atoms with Crippen LogP contribution in [-0.2, 0) is 20.2 Å². The van der Waals surface area contributed by atoms with Gasteiger partial charge in [-0.25, -0.2) is 0 Å². The van der Waals surface area contributed by atoms with Crippen LogP contribution < -0.4 is 10.5 Å². The third-order valence-electron chi connectivity index (χ3n) is 2.64. The molecule has 0 aliphatic rings. The lowest BCUT2D eigenvalue weighted by Crippen LogP contribution is -2.04. The second-order valence-corrected chi connectivity index (χ2v) is 4.74. The number of nitrogens with two attached hydrogens (primary N) is 1. The van der Waals surface area contributed by atoms with Crippen molar-refractivity contribution in [3.05, 3.63) is 39.9 Å². The van der Waals surface area contributed by atoms with Crippen LogP contribution in [0.1, 0.15) is 17.1 Å². The van der Waals surface area contributed by atoms with Crippen LogP contribution in [0, 0.1) is 6.92 Å². The van der Waals surface area contributed by atoms with Gasteiger partial charge in [-0.15, -0.1) is 0 Å². The summed E-state index contributed by atoms with van der Waals surface area (Å²) in [6, 6.07) is 3.73. The second kappa shape index (κ2) is 5.49. The third-order valence-corrected chi connectivity index (χ3v) is 3.68. The number of rotatable bonds is 4. The van der Waals surface area contributed by atoms with Crippen LogP contribution in [0.5, 0.6) is 5.75 Å². The van der Waals surface area contributed by atoms with Crippen molar-refractivity contribution in [2.75, 3.05) is 0 Å². The van der Waals surface area contributed by atoms with E-state index in [1.54, 1.807) is 10.9 Å². The Balaban J connectivity index is 2.06. The van der Waals surface area contributed by atoms with Gasteiger partial charge in [0.1, 0.15) is 12.4 Å². The number of aromatic nitrogens is 3. The smallest absolute Gasteiger partial charge is 0.138 e. The number of pyridine rings is 1. The molecule has 2 N–H and O–H groups in total. The number of hydrogen-bond acceptors (Lipinski definition) is 4. The summed E-state index contributed by atoms with van der Waals surface area (Å²) in [6.45, 7) is 2.83. The molecule has 2 heterocycles. The van der Waals surface area contributed by atoms with E-state index in [0.717, 1.165) is 27.3 Å². The zero-order valence-electron chi connectivity index (χ0n) is 10.4. The number of ether oxygens (including phenoxy) is 1. The molecule has 0 fully saturated rings. The molecule has 2 rings (SSSR count). The van der Waals surface area contributed by atoms with Gasteiger partial charge >= 0.3 is 0 Å². The predicted molar refractivity (Wildman–Crippen MR) is 72.1 cm³/mol. The van der Waals surface area contributed by atoms with Gasteiger partial charge < -0.3 is 10.5 Å². The lowest BCUT2D eigenvalue weighted by Gasteiger charge is -2.07. The molecule has 0 atom stereocenters. The fourth-order valence-electron chi connectivity index (χ4n) is 1.61. The lowest BCUT2D eigenvalue weighted by atomic mass is 10.3. The lowest BCUT2D eigenvalue weighted by molar-refractivity contribution is 0.293. The molecule has 0 bridgehead atoms. The standard InChI is InChI=1S/C12H15BrN4O/c1-8-12(13)11(17(2)16-8)7-18-10-4-3-9(5-14)15-6-10/h3-4,6H,5,7,14H2,1-2H3. The molecule has 2 aromatic rings. The Morgan fingerprint density at radius 2 is 2.22 bits per heavy atom. The van der Waals surface area contributed by atoms with Crippen molar-refractivity contribution in [1.29, 1.82) is 0 Å². The first-order valence-corrected chi connectivity index (χ1v) is 6.37. The molecular weight excluding hydrogens is 296 g/mol. The Bertz CT molecular complexity index is 536. The van der Waals surface area contributed by atoms with Crippen molar-refractivity contribution >= 4 is 15.9 Å². The minimum Gasteiger partial charge on any atom is -0.486 e.